The molecule has 1 fully saturated rings. The molecule has 2 rings (SSSR count). The Morgan fingerprint density at radius 3 is 2.70 bits per heavy atom. The van der Waals surface area contributed by atoms with Crippen molar-refractivity contribution in [3.05, 3.63) is 23.8 Å². The number of aliphatic hydroxyl groups is 1. The van der Waals surface area contributed by atoms with Crippen molar-refractivity contribution < 1.29 is 5.11 Å². The van der Waals surface area contributed by atoms with Crippen LogP contribution in [0.1, 0.15) is 44.6 Å². The van der Waals surface area contributed by atoms with Gasteiger partial charge in [-0.15, -0.1) is 0 Å². The summed E-state index contributed by atoms with van der Waals surface area (Å²) in [5.41, 5.74) is 7.16. The standard InChI is InChI=1S/C16H23N3O/c1-2-12-5-7-16(20,8-6-12)11-19-15-4-3-13(10-17)9-14(15)18/h3-4,9,12,19-20H,2,5-8,11,18H2,1H3. The average Bonchev–Trinajstić information content (AvgIpc) is 2.47. The second-order valence-electron chi connectivity index (χ2n) is 5.84. The molecule has 0 saturated heterocycles. The normalized spacial score (nSPS) is 25.9. The summed E-state index contributed by atoms with van der Waals surface area (Å²) in [6.07, 6.45) is 5.07. The van der Waals surface area contributed by atoms with Gasteiger partial charge in [0.15, 0.2) is 0 Å². The quantitative estimate of drug-likeness (QED) is 0.737. The highest BCUT2D eigenvalue weighted by molar-refractivity contribution is 5.68. The number of anilines is 2. The number of hydrogen-bond donors (Lipinski definition) is 3. The molecule has 20 heavy (non-hydrogen) atoms. The molecule has 0 heterocycles. The Morgan fingerprint density at radius 1 is 1.45 bits per heavy atom. The van der Waals surface area contributed by atoms with Crippen LogP contribution in [-0.2, 0) is 0 Å². The molecule has 1 aromatic carbocycles. The monoisotopic (exact) mass is 273 g/mol. The van der Waals surface area contributed by atoms with E-state index >= 15 is 0 Å². The van der Waals surface area contributed by atoms with Crippen molar-refractivity contribution in [2.45, 2.75) is 44.6 Å². The van der Waals surface area contributed by atoms with Crippen LogP contribution in [-0.4, -0.2) is 17.3 Å². The van der Waals surface area contributed by atoms with Crippen LogP contribution < -0.4 is 11.1 Å². The lowest BCUT2D eigenvalue weighted by atomic mass is 9.78. The highest BCUT2D eigenvalue weighted by Crippen LogP contribution is 2.34. The van der Waals surface area contributed by atoms with Crippen LogP contribution in [0.2, 0.25) is 0 Å². The van der Waals surface area contributed by atoms with Gasteiger partial charge in [0, 0.05) is 6.54 Å². The topological polar surface area (TPSA) is 82.1 Å². The van der Waals surface area contributed by atoms with Crippen molar-refractivity contribution in [2.75, 3.05) is 17.6 Å². The van der Waals surface area contributed by atoms with Crippen molar-refractivity contribution >= 4 is 11.4 Å². The van der Waals surface area contributed by atoms with Gasteiger partial charge in [0.25, 0.3) is 0 Å². The van der Waals surface area contributed by atoms with Gasteiger partial charge in [0.2, 0.25) is 0 Å². The first kappa shape index (κ1) is 14.7. The zero-order valence-corrected chi connectivity index (χ0v) is 12.0. The van der Waals surface area contributed by atoms with Gasteiger partial charge in [-0.05, 0) is 49.8 Å². The first-order chi connectivity index (χ1) is 9.56. The van der Waals surface area contributed by atoms with Gasteiger partial charge in [0.05, 0.1) is 28.6 Å². The van der Waals surface area contributed by atoms with Crippen LogP contribution in [0.4, 0.5) is 11.4 Å². The van der Waals surface area contributed by atoms with Crippen molar-refractivity contribution in [1.82, 2.24) is 0 Å². The summed E-state index contributed by atoms with van der Waals surface area (Å²) < 4.78 is 0. The smallest absolute Gasteiger partial charge is 0.0992 e. The van der Waals surface area contributed by atoms with E-state index in [1.807, 2.05) is 0 Å². The molecule has 0 atom stereocenters. The number of benzene rings is 1. The molecule has 0 aromatic heterocycles. The minimum Gasteiger partial charge on any atom is -0.397 e. The van der Waals surface area contributed by atoms with Gasteiger partial charge in [-0.3, -0.25) is 0 Å². The second kappa shape index (κ2) is 6.15. The summed E-state index contributed by atoms with van der Waals surface area (Å²) in [5, 5.41) is 22.6. The third kappa shape index (κ3) is 3.43. The van der Waals surface area contributed by atoms with Gasteiger partial charge in [-0.1, -0.05) is 13.3 Å². The summed E-state index contributed by atoms with van der Waals surface area (Å²) in [4.78, 5) is 0. The Morgan fingerprint density at radius 2 is 2.15 bits per heavy atom. The Bertz CT molecular complexity index is 499. The van der Waals surface area contributed by atoms with E-state index in [0.717, 1.165) is 37.3 Å². The molecule has 4 heteroatoms. The van der Waals surface area contributed by atoms with Gasteiger partial charge in [0.1, 0.15) is 0 Å². The van der Waals surface area contributed by atoms with Crippen LogP contribution in [0.15, 0.2) is 18.2 Å². The molecule has 0 aliphatic heterocycles. The Labute approximate surface area is 120 Å². The molecule has 1 aliphatic carbocycles. The van der Waals surface area contributed by atoms with E-state index in [4.69, 9.17) is 11.0 Å². The zero-order chi connectivity index (χ0) is 14.6. The van der Waals surface area contributed by atoms with Crippen molar-refractivity contribution in [3.63, 3.8) is 0 Å². The zero-order valence-electron chi connectivity index (χ0n) is 12.0. The lowest BCUT2D eigenvalue weighted by Crippen LogP contribution is -2.40. The van der Waals surface area contributed by atoms with Crippen LogP contribution in [0.25, 0.3) is 0 Å². The van der Waals surface area contributed by atoms with Gasteiger partial charge in [-0.25, -0.2) is 0 Å². The predicted octanol–water partition coefficient (Wildman–Crippen LogP) is 2.88. The maximum Gasteiger partial charge on any atom is 0.0992 e. The van der Waals surface area contributed by atoms with E-state index < -0.39 is 5.60 Å². The minimum absolute atomic E-state index is 0.513. The van der Waals surface area contributed by atoms with Crippen LogP contribution >= 0.6 is 0 Å². The fraction of sp³-hybridized carbons (Fsp3) is 0.562. The van der Waals surface area contributed by atoms with Crippen molar-refractivity contribution in [3.8, 4) is 6.07 Å². The number of nitrogens with zero attached hydrogens (tertiary/aromatic N) is 1. The third-order valence-corrected chi connectivity index (χ3v) is 4.40. The number of nitriles is 1. The Hall–Kier alpha value is -1.73. The SMILES string of the molecule is CCC1CCC(O)(CNc2ccc(C#N)cc2N)CC1. The molecule has 0 radical (unpaired) electrons. The molecule has 4 nitrogen and oxygen atoms in total. The largest absolute Gasteiger partial charge is 0.397 e. The third-order valence-electron chi connectivity index (χ3n) is 4.40. The van der Waals surface area contributed by atoms with Gasteiger partial charge < -0.3 is 16.2 Å². The molecular formula is C16H23N3O. The van der Waals surface area contributed by atoms with E-state index in [1.54, 1.807) is 18.2 Å². The van der Waals surface area contributed by atoms with Crippen molar-refractivity contribution in [1.29, 1.82) is 5.26 Å². The number of nitrogen functional groups attached to an aromatic ring is 1. The second-order valence-corrected chi connectivity index (χ2v) is 5.84. The Kier molecular flexibility index (Phi) is 4.51. The molecule has 1 aliphatic rings. The van der Waals surface area contributed by atoms with E-state index in [2.05, 4.69) is 18.3 Å². The number of rotatable bonds is 4. The molecule has 108 valence electrons. The lowest BCUT2D eigenvalue weighted by Gasteiger charge is -2.36. The molecule has 0 spiro atoms. The van der Waals surface area contributed by atoms with Crippen molar-refractivity contribution in [2.24, 2.45) is 5.92 Å². The highest BCUT2D eigenvalue weighted by atomic mass is 16.3. The highest BCUT2D eigenvalue weighted by Gasteiger charge is 2.32. The fourth-order valence-corrected chi connectivity index (χ4v) is 2.85. The lowest BCUT2D eigenvalue weighted by molar-refractivity contribution is 0.00231. The van der Waals surface area contributed by atoms with E-state index in [9.17, 15) is 5.11 Å². The first-order valence-corrected chi connectivity index (χ1v) is 7.32. The number of hydrogen-bond acceptors (Lipinski definition) is 4. The maximum atomic E-state index is 10.6. The molecule has 0 bridgehead atoms. The van der Waals surface area contributed by atoms with Gasteiger partial charge >= 0.3 is 0 Å². The van der Waals surface area contributed by atoms with E-state index in [1.165, 1.54) is 6.42 Å². The fourth-order valence-electron chi connectivity index (χ4n) is 2.85. The molecule has 1 aromatic rings. The maximum absolute atomic E-state index is 10.6. The molecule has 0 amide bonds. The summed E-state index contributed by atoms with van der Waals surface area (Å²) in [6, 6.07) is 7.25. The predicted molar refractivity (Wildman–Crippen MR) is 81.3 cm³/mol. The summed E-state index contributed by atoms with van der Waals surface area (Å²) in [6.45, 7) is 2.73. The van der Waals surface area contributed by atoms with Gasteiger partial charge in [-0.2, -0.15) is 5.26 Å². The number of nitrogens with one attached hydrogen (secondary N) is 1. The summed E-state index contributed by atoms with van der Waals surface area (Å²) >= 11 is 0. The average molecular weight is 273 g/mol. The van der Waals surface area contributed by atoms with E-state index in [0.29, 0.717) is 17.8 Å². The van der Waals surface area contributed by atoms with Crippen LogP contribution in [0.3, 0.4) is 0 Å². The molecule has 4 N–H and O–H groups in total. The number of nitrogens with two attached hydrogens (primary N) is 1. The first-order valence-electron chi connectivity index (χ1n) is 7.32. The van der Waals surface area contributed by atoms with E-state index in [-0.39, 0.29) is 0 Å². The Balaban J connectivity index is 1.94. The molecular weight excluding hydrogens is 250 g/mol. The van der Waals surface area contributed by atoms with Crippen LogP contribution in [0, 0.1) is 17.2 Å². The summed E-state index contributed by atoms with van der Waals surface area (Å²) in [7, 11) is 0. The van der Waals surface area contributed by atoms with Crippen LogP contribution in [0.5, 0.6) is 0 Å². The molecule has 0 unspecified atom stereocenters. The minimum atomic E-state index is -0.633. The summed E-state index contributed by atoms with van der Waals surface area (Å²) in [5.74, 6) is 0.759. The molecule has 1 saturated carbocycles.